The van der Waals surface area contributed by atoms with Crippen molar-refractivity contribution < 1.29 is 18.9 Å². The summed E-state index contributed by atoms with van der Waals surface area (Å²) in [5, 5.41) is 2.04. The van der Waals surface area contributed by atoms with Crippen molar-refractivity contribution >= 4 is 16.3 Å². The fraction of sp³-hybridized carbons (Fsp3) is 0.100. The molecule has 4 nitrogen and oxygen atoms in total. The maximum atomic E-state index is 6.10. The molecule has 0 fully saturated rings. The largest absolute Gasteiger partial charge is 0.497 e. The third-order valence-corrected chi connectivity index (χ3v) is 4.51. The lowest BCUT2D eigenvalue weighted by atomic mass is 9.93. The second-order valence-corrected chi connectivity index (χ2v) is 5.81. The maximum Gasteiger partial charge on any atom is 0.231 e. The summed E-state index contributed by atoms with van der Waals surface area (Å²) in [6.45, 7) is 4.52. The van der Waals surface area contributed by atoms with Gasteiger partial charge in [0.25, 0.3) is 0 Å². The number of hydrogen-bond acceptors (Lipinski definition) is 4. The summed E-state index contributed by atoms with van der Waals surface area (Å²) in [7, 11) is 1.64. The lowest BCUT2D eigenvalue weighted by Crippen LogP contribution is -2.02. The second-order valence-electron chi connectivity index (χ2n) is 5.81. The Hall–Kier alpha value is -3.14. The van der Waals surface area contributed by atoms with E-state index >= 15 is 0 Å². The first-order valence-corrected chi connectivity index (χ1v) is 7.66. The van der Waals surface area contributed by atoms with Gasteiger partial charge in [-0.25, -0.2) is 0 Å². The van der Waals surface area contributed by atoms with E-state index in [1.807, 2.05) is 36.4 Å². The van der Waals surface area contributed by atoms with Crippen LogP contribution in [0.1, 0.15) is 11.1 Å². The van der Waals surface area contributed by atoms with E-state index in [1.54, 1.807) is 7.11 Å². The Morgan fingerprint density at radius 1 is 0.917 bits per heavy atom. The minimum absolute atomic E-state index is 0.256. The number of fused-ring (bicyclic) bond motifs is 5. The zero-order valence-corrected chi connectivity index (χ0v) is 13.1. The SMILES string of the molecule is C=C1c2ccc(OC)cc2Oc2cc3ccc4c(c3cc21)OCO4. The molecule has 3 aromatic rings. The maximum absolute atomic E-state index is 6.10. The number of hydrogen-bond donors (Lipinski definition) is 0. The van der Waals surface area contributed by atoms with Gasteiger partial charge in [-0.2, -0.15) is 0 Å². The van der Waals surface area contributed by atoms with Gasteiger partial charge < -0.3 is 18.9 Å². The van der Waals surface area contributed by atoms with Crippen LogP contribution in [0.5, 0.6) is 28.7 Å². The van der Waals surface area contributed by atoms with Gasteiger partial charge in [-0.1, -0.05) is 12.6 Å². The van der Waals surface area contributed by atoms with Crippen LogP contribution in [0.4, 0.5) is 0 Å². The third-order valence-electron chi connectivity index (χ3n) is 4.51. The van der Waals surface area contributed by atoms with Crippen LogP contribution in [0.15, 0.2) is 49.0 Å². The van der Waals surface area contributed by atoms with Gasteiger partial charge in [0, 0.05) is 22.6 Å². The highest BCUT2D eigenvalue weighted by Crippen LogP contribution is 2.48. The molecule has 0 radical (unpaired) electrons. The molecular formula is C20H14O4. The van der Waals surface area contributed by atoms with Crippen molar-refractivity contribution in [2.75, 3.05) is 13.9 Å². The standard InChI is InChI=1S/C20H14O4/c1-11-14-5-4-13(21-2)8-19(14)24-18-7-12-3-6-17-20(23-10-22-17)16(12)9-15(11)18/h3-9H,1,10H2,2H3. The summed E-state index contributed by atoms with van der Waals surface area (Å²) in [5.41, 5.74) is 2.85. The molecule has 0 saturated heterocycles. The van der Waals surface area contributed by atoms with E-state index in [-0.39, 0.29) is 6.79 Å². The van der Waals surface area contributed by atoms with Gasteiger partial charge in [0.1, 0.15) is 17.2 Å². The Balaban J connectivity index is 1.72. The Morgan fingerprint density at radius 3 is 2.67 bits per heavy atom. The molecule has 0 atom stereocenters. The molecule has 0 aliphatic carbocycles. The molecule has 118 valence electrons. The zero-order chi connectivity index (χ0) is 16.3. The molecule has 0 saturated carbocycles. The molecule has 4 heteroatoms. The van der Waals surface area contributed by atoms with Crippen LogP contribution in [-0.2, 0) is 0 Å². The van der Waals surface area contributed by atoms with Crippen LogP contribution in [0.2, 0.25) is 0 Å². The number of ether oxygens (including phenoxy) is 4. The average Bonchev–Trinajstić information content (AvgIpc) is 3.09. The Labute approximate surface area is 138 Å². The van der Waals surface area contributed by atoms with Gasteiger partial charge in [0.15, 0.2) is 11.5 Å². The van der Waals surface area contributed by atoms with Crippen molar-refractivity contribution in [3.05, 3.63) is 60.2 Å². The first-order chi connectivity index (χ1) is 11.7. The highest BCUT2D eigenvalue weighted by atomic mass is 16.7. The van der Waals surface area contributed by atoms with Gasteiger partial charge in [0.2, 0.25) is 6.79 Å². The van der Waals surface area contributed by atoms with Crippen molar-refractivity contribution in [2.45, 2.75) is 0 Å². The molecular weight excluding hydrogens is 304 g/mol. The van der Waals surface area contributed by atoms with E-state index in [4.69, 9.17) is 18.9 Å². The minimum Gasteiger partial charge on any atom is -0.497 e. The molecule has 0 unspecified atom stereocenters. The van der Waals surface area contributed by atoms with Crippen LogP contribution in [0.3, 0.4) is 0 Å². The van der Waals surface area contributed by atoms with E-state index in [0.717, 1.165) is 56.2 Å². The Kier molecular flexibility index (Phi) is 2.59. The second kappa shape index (κ2) is 4.68. The number of rotatable bonds is 1. The van der Waals surface area contributed by atoms with Gasteiger partial charge in [0.05, 0.1) is 7.11 Å². The lowest BCUT2D eigenvalue weighted by molar-refractivity contribution is 0.175. The smallest absolute Gasteiger partial charge is 0.231 e. The van der Waals surface area contributed by atoms with E-state index in [0.29, 0.717) is 0 Å². The zero-order valence-electron chi connectivity index (χ0n) is 13.1. The highest BCUT2D eigenvalue weighted by molar-refractivity contribution is 5.98. The van der Waals surface area contributed by atoms with Gasteiger partial charge in [-0.15, -0.1) is 0 Å². The van der Waals surface area contributed by atoms with E-state index < -0.39 is 0 Å². The summed E-state index contributed by atoms with van der Waals surface area (Å²) in [6.07, 6.45) is 0. The van der Waals surface area contributed by atoms with E-state index in [2.05, 4.69) is 12.6 Å². The first-order valence-electron chi connectivity index (χ1n) is 7.66. The van der Waals surface area contributed by atoms with Gasteiger partial charge in [-0.3, -0.25) is 0 Å². The third kappa shape index (κ3) is 1.74. The fourth-order valence-corrected chi connectivity index (χ4v) is 3.27. The van der Waals surface area contributed by atoms with Crippen LogP contribution >= 0.6 is 0 Å². The van der Waals surface area contributed by atoms with Crippen LogP contribution < -0.4 is 18.9 Å². The topological polar surface area (TPSA) is 36.9 Å². The molecule has 0 spiro atoms. The molecule has 5 rings (SSSR count). The van der Waals surface area contributed by atoms with Crippen molar-refractivity contribution in [3.63, 3.8) is 0 Å². The molecule has 2 heterocycles. The van der Waals surface area contributed by atoms with Gasteiger partial charge >= 0.3 is 0 Å². The van der Waals surface area contributed by atoms with Crippen LogP contribution in [0, 0.1) is 0 Å². The molecule has 3 aromatic carbocycles. The molecule has 0 N–H and O–H groups in total. The summed E-state index contributed by atoms with van der Waals surface area (Å²) in [5.74, 6) is 3.85. The summed E-state index contributed by atoms with van der Waals surface area (Å²) >= 11 is 0. The highest BCUT2D eigenvalue weighted by Gasteiger charge is 2.24. The number of benzene rings is 3. The molecule has 2 aliphatic rings. The predicted molar refractivity (Wildman–Crippen MR) is 91.3 cm³/mol. The van der Waals surface area contributed by atoms with Crippen molar-refractivity contribution in [1.82, 2.24) is 0 Å². The first kappa shape index (κ1) is 13.3. The molecule has 2 aliphatic heterocycles. The Morgan fingerprint density at radius 2 is 1.79 bits per heavy atom. The monoisotopic (exact) mass is 318 g/mol. The number of methoxy groups -OCH3 is 1. The average molecular weight is 318 g/mol. The minimum atomic E-state index is 0.256. The molecule has 0 bridgehead atoms. The Bertz CT molecular complexity index is 1020. The molecule has 24 heavy (non-hydrogen) atoms. The van der Waals surface area contributed by atoms with Crippen molar-refractivity contribution in [2.24, 2.45) is 0 Å². The lowest BCUT2D eigenvalue weighted by Gasteiger charge is -2.23. The normalized spacial score (nSPS) is 14.1. The van der Waals surface area contributed by atoms with Crippen LogP contribution in [0.25, 0.3) is 16.3 Å². The summed E-state index contributed by atoms with van der Waals surface area (Å²) < 4.78 is 22.5. The van der Waals surface area contributed by atoms with E-state index in [1.165, 1.54) is 0 Å². The van der Waals surface area contributed by atoms with Gasteiger partial charge in [-0.05, 0) is 41.3 Å². The summed E-state index contributed by atoms with van der Waals surface area (Å²) in [4.78, 5) is 0. The van der Waals surface area contributed by atoms with E-state index in [9.17, 15) is 0 Å². The van der Waals surface area contributed by atoms with Crippen molar-refractivity contribution in [3.8, 4) is 28.7 Å². The van der Waals surface area contributed by atoms with Crippen molar-refractivity contribution in [1.29, 1.82) is 0 Å². The fourth-order valence-electron chi connectivity index (χ4n) is 3.27. The molecule has 0 aromatic heterocycles. The van der Waals surface area contributed by atoms with Crippen LogP contribution in [-0.4, -0.2) is 13.9 Å². The molecule has 0 amide bonds. The summed E-state index contributed by atoms with van der Waals surface area (Å²) in [6, 6.07) is 13.8. The quantitative estimate of drug-likeness (QED) is 0.508. The predicted octanol–water partition coefficient (Wildman–Crippen LogP) is 4.74.